The molecule has 0 aliphatic carbocycles. The van der Waals surface area contributed by atoms with Gasteiger partial charge in [0.1, 0.15) is 10.8 Å². The van der Waals surface area contributed by atoms with E-state index < -0.39 is 0 Å². The van der Waals surface area contributed by atoms with E-state index in [1.165, 1.54) is 17.4 Å². The molecule has 1 heterocycles. The second-order valence-corrected chi connectivity index (χ2v) is 3.98. The van der Waals surface area contributed by atoms with Crippen LogP contribution in [0, 0.1) is 5.82 Å². The van der Waals surface area contributed by atoms with Crippen molar-refractivity contribution in [3.05, 3.63) is 40.5 Å². The Morgan fingerprint density at radius 2 is 2.20 bits per heavy atom. The molecular formula is C11H10FNOS. The first-order valence-corrected chi connectivity index (χ1v) is 5.37. The number of nitrogens with zero attached hydrogens (tertiary/aromatic N) is 1. The Balaban J connectivity index is 2.33. The summed E-state index contributed by atoms with van der Waals surface area (Å²) in [6.45, 7) is 0.471. The molecule has 4 heteroatoms. The van der Waals surface area contributed by atoms with Gasteiger partial charge in [-0.1, -0.05) is 12.1 Å². The average molecular weight is 223 g/mol. The maximum Gasteiger partial charge on any atom is 0.132 e. The van der Waals surface area contributed by atoms with Crippen molar-refractivity contribution >= 4 is 11.3 Å². The molecule has 1 aromatic carbocycles. The van der Waals surface area contributed by atoms with Crippen molar-refractivity contribution in [1.82, 2.24) is 4.98 Å². The van der Waals surface area contributed by atoms with Gasteiger partial charge in [0.2, 0.25) is 0 Å². The molecule has 2 nitrogen and oxygen atoms in total. The van der Waals surface area contributed by atoms with Crippen LogP contribution in [0.3, 0.4) is 0 Å². The predicted molar refractivity (Wildman–Crippen MR) is 58.2 cm³/mol. The fraction of sp³-hybridized carbons (Fsp3) is 0.182. The van der Waals surface area contributed by atoms with E-state index in [1.807, 2.05) is 5.38 Å². The van der Waals surface area contributed by atoms with Crippen LogP contribution in [0.4, 0.5) is 4.39 Å². The Hall–Kier alpha value is -1.26. The smallest absolute Gasteiger partial charge is 0.132 e. The molecule has 2 rings (SSSR count). The van der Waals surface area contributed by atoms with Crippen molar-refractivity contribution in [2.24, 2.45) is 0 Å². The van der Waals surface area contributed by atoms with Crippen LogP contribution in [0.5, 0.6) is 0 Å². The third-order valence-corrected chi connectivity index (χ3v) is 2.79. The Morgan fingerprint density at radius 1 is 1.40 bits per heavy atom. The Kier molecular flexibility index (Phi) is 3.08. The summed E-state index contributed by atoms with van der Waals surface area (Å²) < 4.78 is 18.4. The first-order chi connectivity index (χ1) is 7.31. The Morgan fingerprint density at radius 3 is 2.93 bits per heavy atom. The second kappa shape index (κ2) is 4.51. The second-order valence-electron chi connectivity index (χ2n) is 3.04. The molecule has 0 amide bonds. The molecular weight excluding hydrogens is 213 g/mol. The minimum Gasteiger partial charge on any atom is -0.378 e. The molecule has 0 aliphatic rings. The maximum absolute atomic E-state index is 13.4. The Bertz CT molecular complexity index is 455. The zero-order valence-corrected chi connectivity index (χ0v) is 9.05. The van der Waals surface area contributed by atoms with Gasteiger partial charge in [-0.15, -0.1) is 11.3 Å². The summed E-state index contributed by atoms with van der Waals surface area (Å²) in [5.74, 6) is -0.244. The monoisotopic (exact) mass is 223 g/mol. The van der Waals surface area contributed by atoms with E-state index in [-0.39, 0.29) is 5.82 Å². The lowest BCUT2D eigenvalue weighted by molar-refractivity contribution is 0.184. The highest BCUT2D eigenvalue weighted by Crippen LogP contribution is 2.24. The van der Waals surface area contributed by atoms with Crippen molar-refractivity contribution in [3.63, 3.8) is 0 Å². The van der Waals surface area contributed by atoms with E-state index in [9.17, 15) is 4.39 Å². The summed E-state index contributed by atoms with van der Waals surface area (Å²) in [5.41, 5.74) is 1.21. The summed E-state index contributed by atoms with van der Waals surface area (Å²) >= 11 is 1.47. The lowest BCUT2D eigenvalue weighted by Gasteiger charge is -1.97. The van der Waals surface area contributed by atoms with Crippen molar-refractivity contribution in [2.75, 3.05) is 7.11 Å². The largest absolute Gasteiger partial charge is 0.378 e. The molecule has 0 fully saturated rings. The van der Waals surface area contributed by atoms with E-state index in [4.69, 9.17) is 4.74 Å². The zero-order valence-electron chi connectivity index (χ0n) is 8.24. The summed E-state index contributed by atoms with van der Waals surface area (Å²) in [6, 6.07) is 6.63. The molecule has 0 atom stereocenters. The average Bonchev–Trinajstić information content (AvgIpc) is 2.68. The topological polar surface area (TPSA) is 22.1 Å². The number of halogens is 1. The van der Waals surface area contributed by atoms with E-state index >= 15 is 0 Å². The highest BCUT2D eigenvalue weighted by Gasteiger charge is 2.07. The molecule has 2 aromatic rings. The van der Waals surface area contributed by atoms with Crippen LogP contribution in [-0.4, -0.2) is 12.1 Å². The zero-order chi connectivity index (χ0) is 10.7. The molecule has 78 valence electrons. The van der Waals surface area contributed by atoms with E-state index in [2.05, 4.69) is 4.98 Å². The van der Waals surface area contributed by atoms with Gasteiger partial charge in [0.25, 0.3) is 0 Å². The van der Waals surface area contributed by atoms with Crippen LogP contribution < -0.4 is 0 Å². The van der Waals surface area contributed by atoms with Crippen molar-refractivity contribution in [3.8, 4) is 11.3 Å². The van der Waals surface area contributed by atoms with Crippen LogP contribution >= 0.6 is 11.3 Å². The van der Waals surface area contributed by atoms with Gasteiger partial charge in [0.15, 0.2) is 0 Å². The van der Waals surface area contributed by atoms with Gasteiger partial charge in [-0.25, -0.2) is 9.37 Å². The molecule has 0 aliphatic heterocycles. The molecule has 1 aromatic heterocycles. The van der Waals surface area contributed by atoms with Gasteiger partial charge in [-0.2, -0.15) is 0 Å². The van der Waals surface area contributed by atoms with Crippen LogP contribution in [-0.2, 0) is 11.3 Å². The third kappa shape index (κ3) is 2.22. The van der Waals surface area contributed by atoms with E-state index in [0.717, 1.165) is 5.01 Å². The highest BCUT2D eigenvalue weighted by molar-refractivity contribution is 7.09. The SMILES string of the molecule is COCc1nc(-c2ccccc2F)cs1. The van der Waals surface area contributed by atoms with Gasteiger partial charge in [0, 0.05) is 18.1 Å². The molecule has 0 saturated carbocycles. The number of rotatable bonds is 3. The normalized spacial score (nSPS) is 10.5. The first kappa shape index (κ1) is 10.3. The maximum atomic E-state index is 13.4. The lowest BCUT2D eigenvalue weighted by Crippen LogP contribution is -1.87. The van der Waals surface area contributed by atoms with Gasteiger partial charge < -0.3 is 4.74 Å². The van der Waals surface area contributed by atoms with E-state index in [1.54, 1.807) is 25.3 Å². The number of thiazole rings is 1. The summed E-state index contributed by atoms with van der Waals surface area (Å²) in [6.07, 6.45) is 0. The van der Waals surface area contributed by atoms with Crippen LogP contribution in [0.1, 0.15) is 5.01 Å². The van der Waals surface area contributed by atoms with Gasteiger partial charge >= 0.3 is 0 Å². The summed E-state index contributed by atoms with van der Waals surface area (Å²) in [4.78, 5) is 4.28. The van der Waals surface area contributed by atoms with Crippen molar-refractivity contribution < 1.29 is 9.13 Å². The first-order valence-electron chi connectivity index (χ1n) is 4.49. The standard InChI is InChI=1S/C11H10FNOS/c1-14-6-11-13-10(7-15-11)8-4-2-3-5-9(8)12/h2-5,7H,6H2,1H3. The molecule has 0 N–H and O–H groups in total. The molecule has 0 unspecified atom stereocenters. The highest BCUT2D eigenvalue weighted by atomic mass is 32.1. The van der Waals surface area contributed by atoms with Gasteiger partial charge in [-0.3, -0.25) is 0 Å². The fourth-order valence-electron chi connectivity index (χ4n) is 1.29. The van der Waals surface area contributed by atoms with Crippen LogP contribution in [0.25, 0.3) is 11.3 Å². The van der Waals surface area contributed by atoms with Crippen molar-refractivity contribution in [1.29, 1.82) is 0 Å². The number of hydrogen-bond acceptors (Lipinski definition) is 3. The number of ether oxygens (including phenoxy) is 1. The number of hydrogen-bond donors (Lipinski definition) is 0. The molecule has 15 heavy (non-hydrogen) atoms. The van der Waals surface area contributed by atoms with Gasteiger partial charge in [-0.05, 0) is 12.1 Å². The Labute approximate surface area is 91.4 Å². The number of aromatic nitrogens is 1. The minimum absolute atomic E-state index is 0.244. The molecule has 0 spiro atoms. The van der Waals surface area contributed by atoms with Crippen LogP contribution in [0.15, 0.2) is 29.6 Å². The fourth-order valence-corrected chi connectivity index (χ4v) is 2.06. The molecule has 0 radical (unpaired) electrons. The molecule has 0 bridgehead atoms. The quantitative estimate of drug-likeness (QED) is 0.797. The minimum atomic E-state index is -0.244. The van der Waals surface area contributed by atoms with Gasteiger partial charge in [0.05, 0.1) is 12.3 Å². The van der Waals surface area contributed by atoms with E-state index in [0.29, 0.717) is 17.9 Å². The number of benzene rings is 1. The number of methoxy groups -OCH3 is 1. The molecule has 0 saturated heterocycles. The predicted octanol–water partition coefficient (Wildman–Crippen LogP) is 3.10. The lowest BCUT2D eigenvalue weighted by atomic mass is 10.2. The van der Waals surface area contributed by atoms with Crippen LogP contribution in [0.2, 0.25) is 0 Å². The van der Waals surface area contributed by atoms with Crippen molar-refractivity contribution in [2.45, 2.75) is 6.61 Å². The third-order valence-electron chi connectivity index (χ3n) is 1.97. The summed E-state index contributed by atoms with van der Waals surface area (Å²) in [5, 5.41) is 2.70. The summed E-state index contributed by atoms with van der Waals surface area (Å²) in [7, 11) is 1.62.